The Kier molecular flexibility index (Phi) is 10.5. The van der Waals surface area contributed by atoms with Crippen LogP contribution < -0.4 is 19.5 Å². The quantitative estimate of drug-likeness (QED) is 0.193. The minimum atomic E-state index is -1.07. The lowest BCUT2D eigenvalue weighted by Gasteiger charge is -2.47. The van der Waals surface area contributed by atoms with Gasteiger partial charge in [0.25, 0.3) is 0 Å². The lowest BCUT2D eigenvalue weighted by molar-refractivity contribution is -0.144. The van der Waals surface area contributed by atoms with Crippen LogP contribution in [0.15, 0.2) is 48.7 Å². The average Bonchev–Trinajstić information content (AvgIpc) is 3.40. The number of aryl methyl sites for hydroxylation is 1. The molecule has 1 spiro atoms. The van der Waals surface area contributed by atoms with E-state index in [1.807, 2.05) is 36.5 Å². The number of nitrogens with one attached hydrogen (secondary N) is 1. The molecule has 0 bridgehead atoms. The van der Waals surface area contributed by atoms with Crippen LogP contribution in [0.5, 0.6) is 17.2 Å². The number of carboxylic acids is 1. The molecule has 9 heteroatoms. The smallest absolute Gasteiger partial charge is 0.329 e. The molecule has 2 heterocycles. The summed E-state index contributed by atoms with van der Waals surface area (Å²) in [5.74, 6) is 2.92. The molecule has 1 saturated carbocycles. The number of hydrogen-bond donors (Lipinski definition) is 2. The number of aromatic nitrogens is 1. The number of benzene rings is 2. The molecule has 51 heavy (non-hydrogen) atoms. The first-order valence-electron chi connectivity index (χ1n) is 19.2. The molecule has 0 saturated heterocycles. The first kappa shape index (κ1) is 35.9. The van der Waals surface area contributed by atoms with E-state index in [0.29, 0.717) is 48.8 Å². The molecule has 3 aromatic rings. The molecule has 4 aliphatic rings. The molecule has 274 valence electrons. The summed E-state index contributed by atoms with van der Waals surface area (Å²) in [6, 6.07) is 13.9. The zero-order valence-electron chi connectivity index (χ0n) is 30.7. The van der Waals surface area contributed by atoms with Crippen molar-refractivity contribution in [2.75, 3.05) is 38.2 Å². The third-order valence-corrected chi connectivity index (χ3v) is 12.7. The summed E-state index contributed by atoms with van der Waals surface area (Å²) in [6.07, 6.45) is 9.69. The Morgan fingerprint density at radius 2 is 1.94 bits per heavy atom. The van der Waals surface area contributed by atoms with Crippen LogP contribution in [0.3, 0.4) is 0 Å². The summed E-state index contributed by atoms with van der Waals surface area (Å²) in [5.41, 5.74) is 4.58. The van der Waals surface area contributed by atoms with Crippen LogP contribution in [-0.4, -0.2) is 65.5 Å². The summed E-state index contributed by atoms with van der Waals surface area (Å²) in [7, 11) is 0. The van der Waals surface area contributed by atoms with Gasteiger partial charge in [0, 0.05) is 34.7 Å². The number of likely N-dealkylation sites (N-methyl/N-ethyl adjacent to an activating group) is 1. The molecule has 3 aliphatic carbocycles. The molecular formula is C42H54ClN3O5. The zero-order chi connectivity index (χ0) is 35.8. The molecule has 1 aromatic heterocycles. The number of rotatable bonds is 12. The second kappa shape index (κ2) is 14.9. The van der Waals surface area contributed by atoms with Crippen molar-refractivity contribution < 1.29 is 24.1 Å². The highest BCUT2D eigenvalue weighted by Crippen LogP contribution is 2.58. The van der Waals surface area contributed by atoms with E-state index in [1.165, 1.54) is 35.2 Å². The van der Waals surface area contributed by atoms with Crippen molar-refractivity contribution in [1.82, 2.24) is 9.88 Å². The third-order valence-electron chi connectivity index (χ3n) is 12.4. The van der Waals surface area contributed by atoms with Crippen molar-refractivity contribution in [2.45, 2.75) is 108 Å². The number of pyridine rings is 1. The number of carbonyl (C=O) groups is 1. The molecule has 1 fully saturated rings. The Morgan fingerprint density at radius 3 is 2.69 bits per heavy atom. The van der Waals surface area contributed by atoms with Crippen LogP contribution in [0.25, 0.3) is 0 Å². The number of hydrogen-bond acceptors (Lipinski definition) is 7. The van der Waals surface area contributed by atoms with Gasteiger partial charge >= 0.3 is 5.97 Å². The predicted octanol–water partition coefficient (Wildman–Crippen LogP) is 8.68. The summed E-state index contributed by atoms with van der Waals surface area (Å²) in [5, 5.41) is 14.7. The van der Waals surface area contributed by atoms with Crippen molar-refractivity contribution in [3.05, 3.63) is 76.1 Å². The Labute approximate surface area is 308 Å². The fraction of sp³-hybridized carbons (Fsp3) is 0.571. The Morgan fingerprint density at radius 1 is 1.14 bits per heavy atom. The van der Waals surface area contributed by atoms with Crippen molar-refractivity contribution in [3.8, 4) is 17.2 Å². The highest BCUT2D eigenvalue weighted by molar-refractivity contribution is 6.30. The third kappa shape index (κ3) is 7.15. The number of halogens is 1. The Hall–Kier alpha value is -3.49. The van der Waals surface area contributed by atoms with Gasteiger partial charge in [0.05, 0.1) is 6.61 Å². The Balaban J connectivity index is 1.15. The van der Waals surface area contributed by atoms with E-state index in [-0.39, 0.29) is 11.5 Å². The Bertz CT molecular complexity index is 1720. The van der Waals surface area contributed by atoms with E-state index in [4.69, 9.17) is 25.8 Å². The van der Waals surface area contributed by atoms with Crippen LogP contribution in [0.2, 0.25) is 5.02 Å². The fourth-order valence-corrected chi connectivity index (χ4v) is 9.77. The largest absolute Gasteiger partial charge is 0.493 e. The van der Waals surface area contributed by atoms with Gasteiger partial charge in [-0.15, -0.1) is 0 Å². The molecule has 8 nitrogen and oxygen atoms in total. The van der Waals surface area contributed by atoms with Crippen LogP contribution >= 0.6 is 11.6 Å². The number of ether oxygens (including phenoxy) is 3. The van der Waals surface area contributed by atoms with Crippen LogP contribution in [-0.2, 0) is 23.1 Å². The van der Waals surface area contributed by atoms with Gasteiger partial charge in [-0.05, 0) is 142 Å². The van der Waals surface area contributed by atoms with E-state index in [1.54, 1.807) is 0 Å². The molecule has 4 atom stereocenters. The van der Waals surface area contributed by atoms with Gasteiger partial charge in [-0.1, -0.05) is 45.4 Å². The van der Waals surface area contributed by atoms with Crippen molar-refractivity contribution in [1.29, 1.82) is 0 Å². The lowest BCUT2D eigenvalue weighted by atomic mass is 9.59. The number of fused-ring (bicyclic) bond motifs is 4. The number of carboxylic acid groups (broad SMARTS) is 1. The van der Waals surface area contributed by atoms with E-state index in [2.05, 4.69) is 55.0 Å². The normalized spacial score (nSPS) is 27.1. The molecule has 2 aromatic carbocycles. The molecule has 2 N–H and O–H groups in total. The number of aliphatic carboxylic acids is 1. The molecule has 0 radical (unpaired) electrons. The second-order valence-corrected chi connectivity index (χ2v) is 16.1. The van der Waals surface area contributed by atoms with Gasteiger partial charge in [0.15, 0.2) is 11.5 Å². The summed E-state index contributed by atoms with van der Waals surface area (Å²) < 4.78 is 19.6. The summed E-state index contributed by atoms with van der Waals surface area (Å²) >= 11 is 6.30. The second-order valence-electron chi connectivity index (χ2n) is 15.7. The molecule has 7 rings (SSSR count). The first-order chi connectivity index (χ1) is 24.6. The highest BCUT2D eigenvalue weighted by Gasteiger charge is 2.54. The SMILES string of the molecule is CCN(CC)C[C@@H]1COc2cc3c(cc2O1)C1(CCC(Nc2cccc(Cl)c2)(C(=O)O)CC1)[C@@H](C[C@@H](C)COc1ccnc2c1[C@H](C)CCC2)C3. The van der Waals surface area contributed by atoms with Crippen LogP contribution in [0, 0.1) is 11.8 Å². The van der Waals surface area contributed by atoms with Crippen molar-refractivity contribution in [2.24, 2.45) is 11.8 Å². The molecule has 1 aliphatic heterocycles. The van der Waals surface area contributed by atoms with Crippen molar-refractivity contribution >= 4 is 23.3 Å². The zero-order valence-corrected chi connectivity index (χ0v) is 31.4. The van der Waals surface area contributed by atoms with Crippen LogP contribution in [0.1, 0.15) is 101 Å². The monoisotopic (exact) mass is 715 g/mol. The minimum Gasteiger partial charge on any atom is -0.493 e. The van der Waals surface area contributed by atoms with Gasteiger partial charge in [0.1, 0.15) is 24.0 Å². The lowest BCUT2D eigenvalue weighted by Crippen LogP contribution is -2.53. The van der Waals surface area contributed by atoms with Crippen LogP contribution in [0.4, 0.5) is 5.69 Å². The maximum Gasteiger partial charge on any atom is 0.329 e. The standard InChI is InChI=1S/C42H54ClN3O5/c1-5-46(6-2)24-33-26-50-37-21-29-20-30(19-27(3)25-49-36-13-18-44-35-12-7-9-28(4)39(35)36)41(34(29)23-38(37)51-33)14-16-42(17-15-41,40(47)48)45-32-11-8-10-31(43)22-32/h8,10-11,13,18,21-23,27-28,30,33,45H,5-7,9,12,14-17,19-20,24-26H2,1-4H3,(H,47,48)/t27-,28-,30+,33-,41?,42?/m1/s1. The molecule has 0 amide bonds. The van der Waals surface area contributed by atoms with E-state index in [0.717, 1.165) is 74.7 Å². The topological polar surface area (TPSA) is 93.2 Å². The fourth-order valence-electron chi connectivity index (χ4n) is 9.58. The maximum absolute atomic E-state index is 13.0. The van der Waals surface area contributed by atoms with Gasteiger partial charge < -0.3 is 29.5 Å². The van der Waals surface area contributed by atoms with Crippen molar-refractivity contribution in [3.63, 3.8) is 0 Å². The van der Waals surface area contributed by atoms with E-state index >= 15 is 0 Å². The van der Waals surface area contributed by atoms with E-state index in [9.17, 15) is 9.90 Å². The number of nitrogens with zero attached hydrogens (tertiary/aromatic N) is 2. The van der Waals surface area contributed by atoms with Gasteiger partial charge in [-0.3, -0.25) is 4.98 Å². The van der Waals surface area contributed by atoms with Gasteiger partial charge in [-0.2, -0.15) is 0 Å². The minimum absolute atomic E-state index is 0.0321. The predicted molar refractivity (Wildman–Crippen MR) is 202 cm³/mol. The number of anilines is 1. The average molecular weight is 716 g/mol. The first-order valence-corrected chi connectivity index (χ1v) is 19.6. The highest BCUT2D eigenvalue weighted by atomic mass is 35.5. The summed E-state index contributed by atoms with van der Waals surface area (Å²) in [6.45, 7) is 12.9. The summed E-state index contributed by atoms with van der Waals surface area (Å²) in [4.78, 5) is 20.1. The van der Waals surface area contributed by atoms with Gasteiger partial charge in [0.2, 0.25) is 0 Å². The molecule has 0 unspecified atom stereocenters. The molecular weight excluding hydrogens is 662 g/mol. The maximum atomic E-state index is 13.0. The van der Waals surface area contributed by atoms with E-state index < -0.39 is 11.5 Å². The van der Waals surface area contributed by atoms with Gasteiger partial charge in [-0.25, -0.2) is 4.79 Å².